The van der Waals surface area contributed by atoms with Gasteiger partial charge >= 0.3 is 6.61 Å². The molecule has 0 bridgehead atoms. The smallest absolute Gasteiger partial charge is 0.387 e. The summed E-state index contributed by atoms with van der Waals surface area (Å²) in [6.07, 6.45) is -0.462. The van der Waals surface area contributed by atoms with Crippen LogP contribution >= 0.6 is 0 Å². The number of carbonyl (C=O) groups is 1. The summed E-state index contributed by atoms with van der Waals surface area (Å²) in [6.45, 7) is 0.669. The van der Waals surface area contributed by atoms with Gasteiger partial charge in [0.05, 0.1) is 18.9 Å². The molecule has 1 aromatic rings. The monoisotopic (exact) mass is 332 g/mol. The third-order valence-corrected chi connectivity index (χ3v) is 3.13. The van der Waals surface area contributed by atoms with Crippen molar-refractivity contribution in [2.24, 2.45) is 0 Å². The Hall–Kier alpha value is -1.84. The van der Waals surface area contributed by atoms with E-state index in [0.717, 1.165) is 6.20 Å². The van der Waals surface area contributed by atoms with Gasteiger partial charge in [-0.3, -0.25) is 4.79 Å². The number of halogens is 2. The van der Waals surface area contributed by atoms with E-state index in [-0.39, 0.29) is 24.6 Å². The third-order valence-electron chi connectivity index (χ3n) is 3.13. The molecule has 0 saturated carbocycles. The van der Waals surface area contributed by atoms with E-state index in [0.29, 0.717) is 0 Å². The van der Waals surface area contributed by atoms with E-state index in [1.165, 1.54) is 12.1 Å². The second-order valence-corrected chi connectivity index (χ2v) is 5.40. The topological polar surface area (TPSA) is 89.9 Å². The molecule has 1 saturated heterocycles. The number of aliphatic hydroxyl groups is 1. The van der Waals surface area contributed by atoms with Crippen LogP contribution in [-0.2, 0) is 9.47 Å². The van der Waals surface area contributed by atoms with E-state index in [9.17, 15) is 18.7 Å². The molecule has 1 unspecified atom stereocenters. The van der Waals surface area contributed by atoms with Gasteiger partial charge in [-0.1, -0.05) is 0 Å². The van der Waals surface area contributed by atoms with Crippen molar-refractivity contribution < 1.29 is 32.9 Å². The number of hydrogen-bond donors (Lipinski definition) is 2. The highest BCUT2D eigenvalue weighted by Gasteiger charge is 2.36. The van der Waals surface area contributed by atoms with Gasteiger partial charge in [-0.25, -0.2) is 4.98 Å². The highest BCUT2D eigenvalue weighted by Crippen LogP contribution is 2.24. The lowest BCUT2D eigenvalue weighted by atomic mass is 10.2. The molecule has 7 nitrogen and oxygen atoms in total. The quantitative estimate of drug-likeness (QED) is 0.805. The van der Waals surface area contributed by atoms with Crippen LogP contribution in [0.4, 0.5) is 8.78 Å². The zero-order chi connectivity index (χ0) is 17.0. The molecule has 128 valence electrons. The van der Waals surface area contributed by atoms with E-state index in [2.05, 4.69) is 15.0 Å². The fraction of sp³-hybridized carbons (Fsp3) is 0.571. The van der Waals surface area contributed by atoms with Gasteiger partial charge in [0.1, 0.15) is 17.5 Å². The molecule has 9 heteroatoms. The van der Waals surface area contributed by atoms with Crippen LogP contribution in [0.25, 0.3) is 0 Å². The fourth-order valence-electron chi connectivity index (χ4n) is 2.01. The van der Waals surface area contributed by atoms with Crippen molar-refractivity contribution in [3.05, 3.63) is 24.0 Å². The van der Waals surface area contributed by atoms with E-state index in [1.807, 2.05) is 0 Å². The van der Waals surface area contributed by atoms with Gasteiger partial charge in [0.2, 0.25) is 0 Å². The summed E-state index contributed by atoms with van der Waals surface area (Å²) in [5, 5.41) is 12.5. The summed E-state index contributed by atoms with van der Waals surface area (Å²) in [5.74, 6) is -1.46. The first-order valence-electron chi connectivity index (χ1n) is 6.96. The fourth-order valence-corrected chi connectivity index (χ4v) is 2.01. The van der Waals surface area contributed by atoms with Crippen molar-refractivity contribution in [3.8, 4) is 5.75 Å². The van der Waals surface area contributed by atoms with Gasteiger partial charge in [0, 0.05) is 6.54 Å². The Morgan fingerprint density at radius 2 is 2.30 bits per heavy atom. The first-order valence-corrected chi connectivity index (χ1v) is 6.96. The summed E-state index contributed by atoms with van der Waals surface area (Å²) in [5.41, 5.74) is 0.0164. The van der Waals surface area contributed by atoms with Crippen LogP contribution in [0.5, 0.6) is 5.75 Å². The van der Waals surface area contributed by atoms with Crippen LogP contribution in [0.15, 0.2) is 18.3 Å². The van der Waals surface area contributed by atoms with E-state index >= 15 is 0 Å². The van der Waals surface area contributed by atoms with Crippen molar-refractivity contribution >= 4 is 5.91 Å². The molecular formula is C14H18F2N2O5. The molecule has 0 radical (unpaired) electrons. The highest BCUT2D eigenvalue weighted by molar-refractivity contribution is 5.92. The number of ether oxygens (including phenoxy) is 3. The maximum Gasteiger partial charge on any atom is 0.387 e. The van der Waals surface area contributed by atoms with Crippen molar-refractivity contribution in [2.75, 3.05) is 13.2 Å². The van der Waals surface area contributed by atoms with Crippen molar-refractivity contribution in [2.45, 2.75) is 38.5 Å². The number of nitrogens with one attached hydrogen (secondary N) is 1. The second kappa shape index (κ2) is 7.16. The minimum atomic E-state index is -2.95. The van der Waals surface area contributed by atoms with Crippen LogP contribution in [-0.4, -0.2) is 53.8 Å². The van der Waals surface area contributed by atoms with Gasteiger partial charge in [0.25, 0.3) is 5.91 Å². The summed E-state index contributed by atoms with van der Waals surface area (Å²) in [4.78, 5) is 15.6. The molecular weight excluding hydrogens is 314 g/mol. The number of rotatable bonds is 6. The Labute approximate surface area is 131 Å². The lowest BCUT2D eigenvalue weighted by molar-refractivity contribution is -0.150. The average molecular weight is 332 g/mol. The lowest BCUT2D eigenvalue weighted by Gasteiger charge is -2.20. The first kappa shape index (κ1) is 17.5. The molecule has 0 spiro atoms. The zero-order valence-electron chi connectivity index (χ0n) is 12.7. The van der Waals surface area contributed by atoms with Crippen LogP contribution in [0, 0.1) is 0 Å². The standard InChI is InChI=1S/C14H18F2N2O5/c1-14(2)21-7-11(23-14)10(19)6-18-12(20)9-4-3-8(5-17-9)22-13(15)16/h3-5,10-11,13,19H,6-7H2,1-2H3,(H,18,20)/t10?,11-/m1/s1. The molecule has 0 aliphatic carbocycles. The maximum absolute atomic E-state index is 12.0. The Balaban J connectivity index is 1.82. The Morgan fingerprint density at radius 3 is 2.83 bits per heavy atom. The maximum atomic E-state index is 12.0. The normalized spacial score (nSPS) is 21.2. The molecule has 1 aliphatic heterocycles. The second-order valence-electron chi connectivity index (χ2n) is 5.40. The Bertz CT molecular complexity index is 538. The van der Waals surface area contributed by atoms with Crippen LogP contribution in [0.2, 0.25) is 0 Å². The Morgan fingerprint density at radius 1 is 1.57 bits per heavy atom. The number of pyridine rings is 1. The molecule has 2 N–H and O–H groups in total. The molecule has 1 amide bonds. The number of nitrogens with zero attached hydrogens (tertiary/aromatic N) is 1. The van der Waals surface area contributed by atoms with Gasteiger partial charge in [-0.05, 0) is 26.0 Å². The van der Waals surface area contributed by atoms with Crippen LogP contribution in [0.3, 0.4) is 0 Å². The van der Waals surface area contributed by atoms with Crippen molar-refractivity contribution in [1.82, 2.24) is 10.3 Å². The predicted molar refractivity (Wildman–Crippen MR) is 74.1 cm³/mol. The molecule has 0 aromatic carbocycles. The van der Waals surface area contributed by atoms with Gasteiger partial charge < -0.3 is 24.6 Å². The predicted octanol–water partition coefficient (Wildman–Crippen LogP) is 0.925. The number of alkyl halides is 2. The number of aromatic nitrogens is 1. The van der Waals surface area contributed by atoms with E-state index in [4.69, 9.17) is 9.47 Å². The number of aliphatic hydroxyl groups excluding tert-OH is 1. The molecule has 2 heterocycles. The Kier molecular flexibility index (Phi) is 5.45. The van der Waals surface area contributed by atoms with Gasteiger partial charge in [-0.2, -0.15) is 8.78 Å². The van der Waals surface area contributed by atoms with Crippen LogP contribution < -0.4 is 10.1 Å². The third kappa shape index (κ3) is 5.08. The molecule has 1 aliphatic rings. The lowest BCUT2D eigenvalue weighted by Crippen LogP contribution is -2.41. The largest absolute Gasteiger partial charge is 0.433 e. The molecule has 23 heavy (non-hydrogen) atoms. The van der Waals surface area contributed by atoms with Gasteiger partial charge in [0.15, 0.2) is 5.79 Å². The van der Waals surface area contributed by atoms with E-state index < -0.39 is 30.5 Å². The molecule has 2 rings (SSSR count). The molecule has 2 atom stereocenters. The van der Waals surface area contributed by atoms with Crippen molar-refractivity contribution in [3.63, 3.8) is 0 Å². The molecule has 1 aromatic heterocycles. The molecule has 1 fully saturated rings. The first-order chi connectivity index (χ1) is 10.8. The highest BCUT2D eigenvalue weighted by atomic mass is 19.3. The van der Waals surface area contributed by atoms with Gasteiger partial charge in [-0.15, -0.1) is 0 Å². The summed E-state index contributed by atoms with van der Waals surface area (Å²) in [6, 6.07) is 2.46. The minimum absolute atomic E-state index is 0.0164. The summed E-state index contributed by atoms with van der Waals surface area (Å²) >= 11 is 0. The number of hydrogen-bond acceptors (Lipinski definition) is 6. The van der Waals surface area contributed by atoms with E-state index in [1.54, 1.807) is 13.8 Å². The van der Waals surface area contributed by atoms with Crippen LogP contribution in [0.1, 0.15) is 24.3 Å². The summed E-state index contributed by atoms with van der Waals surface area (Å²) in [7, 11) is 0. The average Bonchev–Trinajstić information content (AvgIpc) is 2.85. The number of amides is 1. The number of carbonyl (C=O) groups excluding carboxylic acids is 1. The SMILES string of the molecule is CC1(C)OC[C@H](C(O)CNC(=O)c2ccc(OC(F)F)cn2)O1. The van der Waals surface area contributed by atoms with Crippen molar-refractivity contribution in [1.29, 1.82) is 0 Å². The zero-order valence-corrected chi connectivity index (χ0v) is 12.7. The summed E-state index contributed by atoms with van der Waals surface area (Å²) < 4.78 is 39.0. The minimum Gasteiger partial charge on any atom is -0.433 e.